The molecule has 0 amide bonds. The molecule has 0 aliphatic heterocycles. The molecular weight excluding hydrogens is 217 g/mol. The van der Waals surface area contributed by atoms with Crippen molar-refractivity contribution in [3.8, 4) is 6.07 Å². The first-order valence-electron chi connectivity index (χ1n) is 4.38. The highest BCUT2D eigenvalue weighted by Crippen LogP contribution is 2.27. The minimum absolute atomic E-state index is 0.0954. The maximum atomic E-state index is 12.7. The van der Waals surface area contributed by atoms with Crippen LogP contribution in [0.15, 0.2) is 18.2 Å². The number of nitrogens with zero attached hydrogens (tertiary/aromatic N) is 1. The van der Waals surface area contributed by atoms with Crippen LogP contribution in [0.5, 0.6) is 0 Å². The van der Waals surface area contributed by atoms with E-state index in [1.165, 1.54) is 19.1 Å². The number of ketones is 1. The molecule has 0 N–H and O–H groups in total. The van der Waals surface area contributed by atoms with E-state index >= 15 is 0 Å². The number of Topliss-reactive ketones (excluding diaryl/α,β-unsaturated/α-hetero) is 1. The largest absolute Gasteiger partial charge is 0.300 e. The first-order valence-corrected chi connectivity index (χ1v) is 4.76. The normalized spacial score (nSPS) is 11.9. The van der Waals surface area contributed by atoms with E-state index in [-0.39, 0.29) is 17.2 Å². The number of hydrogen-bond donors (Lipinski definition) is 0. The SMILES string of the molecule is CC(=O)CC(C#N)c1ccc(F)cc1Cl. The predicted molar refractivity (Wildman–Crippen MR) is 55.1 cm³/mol. The zero-order valence-corrected chi connectivity index (χ0v) is 8.88. The van der Waals surface area contributed by atoms with Crippen LogP contribution < -0.4 is 0 Å². The Balaban J connectivity index is 3.03. The fraction of sp³-hybridized carbons (Fsp3) is 0.273. The summed E-state index contributed by atoms with van der Waals surface area (Å²) in [6, 6.07) is 5.79. The fourth-order valence-electron chi connectivity index (χ4n) is 1.30. The van der Waals surface area contributed by atoms with Gasteiger partial charge in [0.2, 0.25) is 0 Å². The van der Waals surface area contributed by atoms with Crippen molar-refractivity contribution in [3.05, 3.63) is 34.6 Å². The lowest BCUT2D eigenvalue weighted by molar-refractivity contribution is -0.117. The van der Waals surface area contributed by atoms with Gasteiger partial charge in [-0.1, -0.05) is 17.7 Å². The van der Waals surface area contributed by atoms with E-state index in [2.05, 4.69) is 0 Å². The third-order valence-corrected chi connectivity index (χ3v) is 2.31. The summed E-state index contributed by atoms with van der Waals surface area (Å²) >= 11 is 5.78. The lowest BCUT2D eigenvalue weighted by atomic mass is 9.95. The number of carbonyl (C=O) groups excluding carboxylic acids is 1. The Labute approximate surface area is 92.3 Å². The minimum atomic E-state index is -0.601. The number of hydrogen-bond acceptors (Lipinski definition) is 2. The van der Waals surface area contributed by atoms with Crippen LogP contribution in [0.4, 0.5) is 4.39 Å². The molecule has 2 nitrogen and oxygen atoms in total. The first kappa shape index (κ1) is 11.7. The van der Waals surface area contributed by atoms with E-state index in [1.54, 1.807) is 0 Å². The van der Waals surface area contributed by atoms with Gasteiger partial charge in [-0.3, -0.25) is 4.79 Å². The van der Waals surface area contributed by atoms with E-state index in [9.17, 15) is 9.18 Å². The van der Waals surface area contributed by atoms with Crippen molar-refractivity contribution in [2.24, 2.45) is 0 Å². The average Bonchev–Trinajstić information content (AvgIpc) is 2.14. The zero-order valence-electron chi connectivity index (χ0n) is 8.13. The van der Waals surface area contributed by atoms with Crippen LogP contribution in [0.3, 0.4) is 0 Å². The summed E-state index contributed by atoms with van der Waals surface area (Å²) in [5, 5.41) is 9.05. The molecule has 0 radical (unpaired) electrons. The van der Waals surface area contributed by atoms with E-state index in [1.807, 2.05) is 6.07 Å². The molecule has 78 valence electrons. The summed E-state index contributed by atoms with van der Waals surface area (Å²) in [5.41, 5.74) is 0.496. The van der Waals surface area contributed by atoms with Crippen molar-refractivity contribution in [1.29, 1.82) is 5.26 Å². The maximum Gasteiger partial charge on any atom is 0.131 e. The van der Waals surface area contributed by atoms with Crippen molar-refractivity contribution in [2.75, 3.05) is 0 Å². The van der Waals surface area contributed by atoms with Gasteiger partial charge in [-0.25, -0.2) is 4.39 Å². The molecule has 0 spiro atoms. The summed E-state index contributed by atoms with van der Waals surface area (Å²) in [5.74, 6) is -1.15. The van der Waals surface area contributed by atoms with Gasteiger partial charge in [-0.05, 0) is 24.6 Å². The molecule has 4 heteroatoms. The second kappa shape index (κ2) is 4.90. The zero-order chi connectivity index (χ0) is 11.4. The topological polar surface area (TPSA) is 40.9 Å². The van der Waals surface area contributed by atoms with Crippen LogP contribution in [0, 0.1) is 17.1 Å². The van der Waals surface area contributed by atoms with E-state index in [0.29, 0.717) is 5.56 Å². The van der Waals surface area contributed by atoms with Gasteiger partial charge in [0.25, 0.3) is 0 Å². The minimum Gasteiger partial charge on any atom is -0.300 e. The lowest BCUT2D eigenvalue weighted by Crippen LogP contribution is -2.03. The molecule has 0 heterocycles. The molecule has 1 atom stereocenters. The number of carbonyl (C=O) groups is 1. The fourth-order valence-corrected chi connectivity index (χ4v) is 1.60. The maximum absolute atomic E-state index is 12.7. The van der Waals surface area contributed by atoms with Gasteiger partial charge in [0.05, 0.1) is 12.0 Å². The molecule has 1 aromatic carbocycles. The average molecular weight is 226 g/mol. The predicted octanol–water partition coefficient (Wildman–Crippen LogP) is 3.07. The van der Waals surface area contributed by atoms with Crippen LogP contribution in [0.1, 0.15) is 24.8 Å². The number of nitriles is 1. The Morgan fingerprint density at radius 3 is 2.80 bits per heavy atom. The highest BCUT2D eigenvalue weighted by atomic mass is 35.5. The van der Waals surface area contributed by atoms with Crippen LogP contribution in [0.25, 0.3) is 0 Å². The molecule has 0 aromatic heterocycles. The van der Waals surface area contributed by atoms with Gasteiger partial charge < -0.3 is 0 Å². The first-order chi connectivity index (χ1) is 7.04. The lowest BCUT2D eigenvalue weighted by Gasteiger charge is -2.09. The molecule has 1 unspecified atom stereocenters. The van der Waals surface area contributed by atoms with Crippen LogP contribution >= 0.6 is 11.6 Å². The Kier molecular flexibility index (Phi) is 3.81. The summed E-state index contributed by atoms with van der Waals surface area (Å²) < 4.78 is 12.7. The Morgan fingerprint density at radius 1 is 1.67 bits per heavy atom. The molecule has 0 saturated carbocycles. The molecule has 1 aromatic rings. The smallest absolute Gasteiger partial charge is 0.131 e. The van der Waals surface area contributed by atoms with Crippen molar-refractivity contribution in [2.45, 2.75) is 19.3 Å². The molecule has 15 heavy (non-hydrogen) atoms. The Bertz CT molecular complexity index is 425. The standard InChI is InChI=1S/C11H9ClFNO/c1-7(15)4-8(6-14)10-3-2-9(13)5-11(10)12/h2-3,5,8H,4H2,1H3. The molecule has 0 aliphatic carbocycles. The van der Waals surface area contributed by atoms with Gasteiger partial charge >= 0.3 is 0 Å². The molecule has 0 saturated heterocycles. The number of benzene rings is 1. The highest BCUT2D eigenvalue weighted by molar-refractivity contribution is 6.31. The molecule has 0 fully saturated rings. The highest BCUT2D eigenvalue weighted by Gasteiger charge is 2.16. The van der Waals surface area contributed by atoms with Gasteiger partial charge in [-0.2, -0.15) is 5.26 Å². The van der Waals surface area contributed by atoms with E-state index < -0.39 is 11.7 Å². The summed E-state index contributed by atoms with van der Waals surface area (Å²) in [7, 11) is 0. The second-order valence-electron chi connectivity index (χ2n) is 3.25. The van der Waals surface area contributed by atoms with E-state index in [4.69, 9.17) is 16.9 Å². The summed E-state index contributed by atoms with van der Waals surface area (Å²) in [6.45, 7) is 1.40. The van der Waals surface area contributed by atoms with Gasteiger partial charge in [0.1, 0.15) is 11.6 Å². The van der Waals surface area contributed by atoms with Crippen molar-refractivity contribution in [3.63, 3.8) is 0 Å². The Hall–Kier alpha value is -1.40. The van der Waals surface area contributed by atoms with Crippen molar-refractivity contribution < 1.29 is 9.18 Å². The van der Waals surface area contributed by atoms with E-state index in [0.717, 1.165) is 6.07 Å². The number of rotatable bonds is 3. The van der Waals surface area contributed by atoms with Gasteiger partial charge in [0, 0.05) is 11.4 Å². The summed E-state index contributed by atoms with van der Waals surface area (Å²) in [6.07, 6.45) is 0.0991. The monoisotopic (exact) mass is 225 g/mol. The Morgan fingerprint density at radius 2 is 2.33 bits per heavy atom. The second-order valence-corrected chi connectivity index (χ2v) is 3.66. The quantitative estimate of drug-likeness (QED) is 0.793. The molecule has 0 bridgehead atoms. The van der Waals surface area contributed by atoms with Crippen LogP contribution in [-0.4, -0.2) is 5.78 Å². The van der Waals surface area contributed by atoms with Crippen LogP contribution in [0.2, 0.25) is 5.02 Å². The molecular formula is C11H9ClFNO. The molecule has 1 rings (SSSR count). The van der Waals surface area contributed by atoms with Gasteiger partial charge in [0.15, 0.2) is 0 Å². The molecule has 0 aliphatic rings. The third kappa shape index (κ3) is 3.03. The third-order valence-electron chi connectivity index (χ3n) is 1.99. The number of halogens is 2. The van der Waals surface area contributed by atoms with Crippen LogP contribution in [-0.2, 0) is 4.79 Å². The van der Waals surface area contributed by atoms with Crippen molar-refractivity contribution >= 4 is 17.4 Å². The van der Waals surface area contributed by atoms with Gasteiger partial charge in [-0.15, -0.1) is 0 Å². The summed E-state index contributed by atoms with van der Waals surface area (Å²) in [4.78, 5) is 10.9. The van der Waals surface area contributed by atoms with Crippen molar-refractivity contribution in [1.82, 2.24) is 0 Å².